The molecule has 2 N–H and O–H groups in total. The number of ether oxygens (including phenoxy) is 1. The Balaban J connectivity index is 1.39. The van der Waals surface area contributed by atoms with E-state index in [0.29, 0.717) is 25.8 Å². The number of carbonyl (C=O) groups is 2. The van der Waals surface area contributed by atoms with Crippen LogP contribution >= 0.6 is 0 Å². The lowest BCUT2D eigenvalue weighted by Gasteiger charge is -2.29. The summed E-state index contributed by atoms with van der Waals surface area (Å²) < 4.78 is 32.1. The van der Waals surface area contributed by atoms with Crippen LogP contribution in [-0.2, 0) is 11.3 Å². The van der Waals surface area contributed by atoms with Crippen LogP contribution in [0.4, 0.5) is 20.2 Å². The first-order chi connectivity index (χ1) is 16.8. The predicted octanol–water partition coefficient (Wildman–Crippen LogP) is 4.03. The number of phenolic OH excluding ortho intramolecular Hbond substituents is 1. The maximum atomic E-state index is 13.4. The van der Waals surface area contributed by atoms with E-state index in [-0.39, 0.29) is 22.6 Å². The number of morpholine rings is 1. The Labute approximate surface area is 201 Å². The average molecular weight is 481 g/mol. The van der Waals surface area contributed by atoms with E-state index in [1.54, 1.807) is 7.05 Å². The molecule has 0 aromatic heterocycles. The minimum Gasteiger partial charge on any atom is -0.507 e. The van der Waals surface area contributed by atoms with Gasteiger partial charge in [-0.2, -0.15) is 0 Å². The molecule has 182 valence electrons. The fourth-order valence-electron chi connectivity index (χ4n) is 3.86. The monoisotopic (exact) mass is 481 g/mol. The van der Waals surface area contributed by atoms with Gasteiger partial charge in [0.15, 0.2) is 0 Å². The smallest absolute Gasteiger partial charge is 0.257 e. The van der Waals surface area contributed by atoms with Crippen molar-refractivity contribution in [3.05, 3.63) is 89.0 Å². The molecular weight excluding hydrogens is 456 g/mol. The van der Waals surface area contributed by atoms with Crippen LogP contribution < -0.4 is 10.2 Å². The van der Waals surface area contributed by atoms with Gasteiger partial charge in [-0.05, 0) is 42.0 Å². The molecular formula is C26H25F2N3O4. The molecule has 0 radical (unpaired) electrons. The maximum absolute atomic E-state index is 13.4. The van der Waals surface area contributed by atoms with Crippen LogP contribution in [0.15, 0.2) is 60.7 Å². The number of phenols is 1. The molecule has 1 fully saturated rings. The molecule has 0 saturated carbocycles. The molecule has 1 aliphatic rings. The summed E-state index contributed by atoms with van der Waals surface area (Å²) in [4.78, 5) is 28.9. The van der Waals surface area contributed by atoms with Crippen molar-refractivity contribution in [2.75, 3.05) is 43.6 Å². The van der Waals surface area contributed by atoms with Crippen molar-refractivity contribution < 1.29 is 28.2 Å². The van der Waals surface area contributed by atoms with Gasteiger partial charge in [0, 0.05) is 55.8 Å². The van der Waals surface area contributed by atoms with Crippen LogP contribution in [0.3, 0.4) is 0 Å². The second kappa shape index (κ2) is 10.5. The summed E-state index contributed by atoms with van der Waals surface area (Å²) in [5, 5.41) is 12.8. The molecule has 9 heteroatoms. The van der Waals surface area contributed by atoms with Crippen LogP contribution in [0.5, 0.6) is 5.75 Å². The molecule has 0 aliphatic carbocycles. The number of anilines is 2. The zero-order chi connectivity index (χ0) is 24.9. The molecule has 7 nitrogen and oxygen atoms in total. The number of halogens is 2. The molecule has 4 rings (SSSR count). The lowest BCUT2D eigenvalue weighted by atomic mass is 10.1. The van der Waals surface area contributed by atoms with Crippen LogP contribution in [0.1, 0.15) is 26.3 Å². The van der Waals surface area contributed by atoms with Gasteiger partial charge in [0.25, 0.3) is 11.8 Å². The summed E-state index contributed by atoms with van der Waals surface area (Å²) >= 11 is 0. The van der Waals surface area contributed by atoms with Gasteiger partial charge >= 0.3 is 0 Å². The van der Waals surface area contributed by atoms with Crippen LogP contribution in [0, 0.1) is 11.6 Å². The van der Waals surface area contributed by atoms with E-state index in [2.05, 4.69) is 10.2 Å². The third-order valence-corrected chi connectivity index (χ3v) is 5.69. The van der Waals surface area contributed by atoms with E-state index in [1.165, 1.54) is 23.1 Å². The SMILES string of the molecule is CN(Cc1ccc(N2CCOCC2)cc1)C(=O)c1ccc(NC(=O)c2cc(F)cc(F)c2)cc1O. The normalized spacial score (nSPS) is 13.4. The molecule has 0 spiro atoms. The lowest BCUT2D eigenvalue weighted by Crippen LogP contribution is -2.36. The molecule has 0 unspecified atom stereocenters. The number of hydrogen-bond acceptors (Lipinski definition) is 5. The van der Waals surface area contributed by atoms with Crippen molar-refractivity contribution in [2.24, 2.45) is 0 Å². The fourth-order valence-corrected chi connectivity index (χ4v) is 3.86. The quantitative estimate of drug-likeness (QED) is 0.556. The Morgan fingerprint density at radius 3 is 2.29 bits per heavy atom. The second-order valence-electron chi connectivity index (χ2n) is 8.27. The standard InChI is InChI=1S/C26H25F2N3O4/c1-30(16-17-2-5-22(6-3-17)31-8-10-35-11-9-31)26(34)23-7-4-21(15-24(23)32)29-25(33)18-12-19(27)14-20(28)13-18/h2-7,12-15,32H,8-11,16H2,1H3,(H,29,33). The van der Waals surface area contributed by atoms with Crippen molar-refractivity contribution in [1.82, 2.24) is 4.90 Å². The van der Waals surface area contributed by atoms with E-state index < -0.39 is 23.4 Å². The summed E-state index contributed by atoms with van der Waals surface area (Å²) in [6, 6.07) is 14.4. The number of nitrogens with one attached hydrogen (secondary N) is 1. The predicted molar refractivity (Wildman–Crippen MR) is 128 cm³/mol. The largest absolute Gasteiger partial charge is 0.507 e. The highest BCUT2D eigenvalue weighted by Crippen LogP contribution is 2.25. The van der Waals surface area contributed by atoms with Crippen molar-refractivity contribution >= 4 is 23.2 Å². The summed E-state index contributed by atoms with van der Waals surface area (Å²) in [7, 11) is 1.63. The average Bonchev–Trinajstić information content (AvgIpc) is 2.84. The fraction of sp³-hybridized carbons (Fsp3) is 0.231. The molecule has 0 bridgehead atoms. The van der Waals surface area contributed by atoms with E-state index in [9.17, 15) is 23.5 Å². The summed E-state index contributed by atoms with van der Waals surface area (Å²) in [6.45, 7) is 3.42. The summed E-state index contributed by atoms with van der Waals surface area (Å²) in [6.07, 6.45) is 0. The topological polar surface area (TPSA) is 82.1 Å². The van der Waals surface area contributed by atoms with E-state index in [4.69, 9.17) is 4.74 Å². The van der Waals surface area contributed by atoms with Crippen LogP contribution in [-0.4, -0.2) is 55.2 Å². The number of benzene rings is 3. The Morgan fingerprint density at radius 2 is 1.66 bits per heavy atom. The van der Waals surface area contributed by atoms with Crippen LogP contribution in [0.2, 0.25) is 0 Å². The molecule has 1 aliphatic heterocycles. The first kappa shape index (κ1) is 24.2. The third-order valence-electron chi connectivity index (χ3n) is 5.69. The van der Waals surface area contributed by atoms with Crippen molar-refractivity contribution in [3.63, 3.8) is 0 Å². The van der Waals surface area contributed by atoms with Crippen LogP contribution in [0.25, 0.3) is 0 Å². The second-order valence-corrected chi connectivity index (χ2v) is 8.27. The first-order valence-corrected chi connectivity index (χ1v) is 11.1. The number of nitrogens with zero attached hydrogens (tertiary/aromatic N) is 2. The molecule has 1 heterocycles. The molecule has 2 amide bonds. The van der Waals surface area contributed by atoms with E-state index >= 15 is 0 Å². The molecule has 3 aromatic rings. The molecule has 3 aromatic carbocycles. The highest BCUT2D eigenvalue weighted by atomic mass is 19.1. The van der Waals surface area contributed by atoms with Gasteiger partial charge in [0.1, 0.15) is 17.4 Å². The zero-order valence-electron chi connectivity index (χ0n) is 19.1. The maximum Gasteiger partial charge on any atom is 0.257 e. The number of rotatable bonds is 6. The van der Waals surface area contributed by atoms with Gasteiger partial charge in [-0.15, -0.1) is 0 Å². The van der Waals surface area contributed by atoms with Crippen molar-refractivity contribution in [1.29, 1.82) is 0 Å². The number of amides is 2. The highest BCUT2D eigenvalue weighted by molar-refractivity contribution is 6.05. The van der Waals surface area contributed by atoms with Gasteiger partial charge in [-0.25, -0.2) is 8.78 Å². The van der Waals surface area contributed by atoms with Gasteiger partial charge in [0.2, 0.25) is 0 Å². The minimum absolute atomic E-state index is 0.0623. The summed E-state index contributed by atoms with van der Waals surface area (Å²) in [5.74, 6) is -3.23. The molecule has 1 saturated heterocycles. The Bertz CT molecular complexity index is 1210. The van der Waals surface area contributed by atoms with Crippen molar-refractivity contribution in [2.45, 2.75) is 6.54 Å². The molecule has 35 heavy (non-hydrogen) atoms. The highest BCUT2D eigenvalue weighted by Gasteiger charge is 2.18. The van der Waals surface area contributed by atoms with E-state index in [1.807, 2.05) is 24.3 Å². The van der Waals surface area contributed by atoms with Crippen molar-refractivity contribution in [3.8, 4) is 5.75 Å². The lowest BCUT2D eigenvalue weighted by molar-refractivity contribution is 0.0782. The van der Waals surface area contributed by atoms with Gasteiger partial charge in [-0.1, -0.05) is 12.1 Å². The first-order valence-electron chi connectivity index (χ1n) is 11.1. The molecule has 0 atom stereocenters. The third kappa shape index (κ3) is 5.93. The number of carbonyl (C=O) groups excluding carboxylic acids is 2. The minimum atomic E-state index is -0.877. The van der Waals surface area contributed by atoms with Gasteiger partial charge in [0.05, 0.1) is 18.8 Å². The van der Waals surface area contributed by atoms with Gasteiger partial charge < -0.3 is 25.0 Å². The van der Waals surface area contributed by atoms with E-state index in [0.717, 1.165) is 36.5 Å². The zero-order valence-corrected chi connectivity index (χ0v) is 19.1. The van der Waals surface area contributed by atoms with Gasteiger partial charge in [-0.3, -0.25) is 9.59 Å². The number of aromatic hydroxyl groups is 1. The Kier molecular flexibility index (Phi) is 7.26. The number of hydrogen-bond donors (Lipinski definition) is 2. The Hall–Kier alpha value is -3.98. The summed E-state index contributed by atoms with van der Waals surface area (Å²) in [5.41, 5.74) is 2.06. The Morgan fingerprint density at radius 1 is 1.00 bits per heavy atom.